The maximum atomic E-state index is 12.4. The van der Waals surface area contributed by atoms with E-state index in [1.807, 2.05) is 0 Å². The lowest BCUT2D eigenvalue weighted by Crippen LogP contribution is -2.34. The molecule has 1 aromatic rings. The molecule has 0 saturated heterocycles. The maximum absolute atomic E-state index is 12.4. The first kappa shape index (κ1) is 13.7. The zero-order valence-corrected chi connectivity index (χ0v) is 10.4. The molecule has 1 unspecified atom stereocenters. The second-order valence-corrected chi connectivity index (χ2v) is 4.46. The molecule has 0 saturated carbocycles. The number of carbonyl (C=O) groups excluding carboxylic acids is 1. The molecule has 3 nitrogen and oxygen atoms in total. The summed E-state index contributed by atoms with van der Waals surface area (Å²) < 4.78 is 42.5. The van der Waals surface area contributed by atoms with Crippen LogP contribution in [0.1, 0.15) is 12.0 Å². The molecule has 1 N–H and O–H groups in total. The molecule has 0 fully saturated rings. The van der Waals surface area contributed by atoms with E-state index in [0.717, 1.165) is 11.3 Å². The second kappa shape index (κ2) is 5.11. The minimum absolute atomic E-state index is 0.00148. The summed E-state index contributed by atoms with van der Waals surface area (Å²) in [6.07, 6.45) is -4.22. The summed E-state index contributed by atoms with van der Waals surface area (Å²) in [7, 11) is 1.51. The van der Waals surface area contributed by atoms with Gasteiger partial charge >= 0.3 is 6.18 Å². The van der Waals surface area contributed by atoms with Crippen molar-refractivity contribution < 1.29 is 22.7 Å². The molecule has 0 spiro atoms. The van der Waals surface area contributed by atoms with Crippen molar-refractivity contribution in [2.24, 2.45) is 5.92 Å². The molecule has 1 atom stereocenters. The van der Waals surface area contributed by atoms with Crippen molar-refractivity contribution in [1.82, 2.24) is 0 Å². The topological polar surface area (TPSA) is 38.3 Å². The first-order valence-electron chi connectivity index (χ1n) is 5.94. The summed E-state index contributed by atoms with van der Waals surface area (Å²) >= 11 is 0. The van der Waals surface area contributed by atoms with E-state index in [-0.39, 0.29) is 13.0 Å². The zero-order chi connectivity index (χ0) is 14.0. The fraction of sp³-hybridized carbons (Fsp3) is 0.462. The third-order valence-corrected chi connectivity index (χ3v) is 3.28. The van der Waals surface area contributed by atoms with Crippen LogP contribution in [0.25, 0.3) is 0 Å². The molecule has 19 heavy (non-hydrogen) atoms. The van der Waals surface area contributed by atoms with Gasteiger partial charge in [-0.1, -0.05) is 6.07 Å². The number of fused-ring (bicyclic) bond motifs is 1. The molecule has 1 aliphatic heterocycles. The molecule has 104 valence electrons. The Balaban J connectivity index is 2.20. The van der Waals surface area contributed by atoms with Crippen molar-refractivity contribution >= 4 is 11.5 Å². The number of Topliss-reactive ketones (excluding diaryl/α,β-unsaturated/α-hetero) is 1. The molecule has 1 aromatic carbocycles. The quantitative estimate of drug-likeness (QED) is 0.900. The van der Waals surface area contributed by atoms with Crippen LogP contribution in [0.4, 0.5) is 18.9 Å². The Morgan fingerprint density at radius 2 is 2.16 bits per heavy atom. The van der Waals surface area contributed by atoms with E-state index >= 15 is 0 Å². The van der Waals surface area contributed by atoms with Crippen LogP contribution in [0.2, 0.25) is 0 Å². The van der Waals surface area contributed by atoms with Gasteiger partial charge < -0.3 is 10.1 Å². The van der Waals surface area contributed by atoms with Gasteiger partial charge in [-0.15, -0.1) is 0 Å². The minimum atomic E-state index is -4.77. The molecule has 1 aliphatic rings. The van der Waals surface area contributed by atoms with Crippen LogP contribution in [0.15, 0.2) is 18.2 Å². The van der Waals surface area contributed by atoms with E-state index in [1.54, 1.807) is 18.2 Å². The standard InChI is InChI=1S/C13H14F3NO2/c1-19-11-4-2-3-10-9(11)6-5-8(7-17-10)12(18)13(14,15)16/h2-4,8,17H,5-7H2,1H3. The normalized spacial score (nSPS) is 19.1. The SMILES string of the molecule is COc1cccc2c1CCC(C(=O)C(F)(F)F)CN2. The highest BCUT2D eigenvalue weighted by Crippen LogP contribution is 2.33. The summed E-state index contributed by atoms with van der Waals surface area (Å²) in [4.78, 5) is 11.3. The van der Waals surface area contributed by atoms with Gasteiger partial charge in [0, 0.05) is 23.7 Å². The highest BCUT2D eigenvalue weighted by atomic mass is 19.4. The number of hydrogen-bond acceptors (Lipinski definition) is 3. The average molecular weight is 273 g/mol. The Kier molecular flexibility index (Phi) is 3.68. The summed E-state index contributed by atoms with van der Waals surface area (Å²) in [6.45, 7) is -0.00148. The van der Waals surface area contributed by atoms with E-state index in [1.165, 1.54) is 7.11 Å². The molecule has 2 rings (SSSR count). The zero-order valence-electron chi connectivity index (χ0n) is 10.4. The Morgan fingerprint density at radius 3 is 2.79 bits per heavy atom. The number of halogens is 3. The van der Waals surface area contributed by atoms with Gasteiger partial charge in [0.2, 0.25) is 5.78 Å². The predicted molar refractivity (Wildman–Crippen MR) is 64.4 cm³/mol. The van der Waals surface area contributed by atoms with E-state index < -0.39 is 17.9 Å². The van der Waals surface area contributed by atoms with Gasteiger partial charge in [-0.05, 0) is 25.0 Å². The third-order valence-electron chi connectivity index (χ3n) is 3.28. The van der Waals surface area contributed by atoms with Crippen LogP contribution in [0.3, 0.4) is 0 Å². The molecule has 0 radical (unpaired) electrons. The van der Waals surface area contributed by atoms with Gasteiger partial charge in [0.1, 0.15) is 5.75 Å². The van der Waals surface area contributed by atoms with Crippen LogP contribution in [0.5, 0.6) is 5.75 Å². The summed E-state index contributed by atoms with van der Waals surface area (Å²) in [5.74, 6) is -2.08. The number of benzene rings is 1. The highest BCUT2D eigenvalue weighted by molar-refractivity contribution is 5.87. The Bertz CT molecular complexity index is 485. The molecule has 1 heterocycles. The molecule has 0 aliphatic carbocycles. The first-order chi connectivity index (χ1) is 8.93. The Labute approximate surface area is 108 Å². The number of ketones is 1. The highest BCUT2D eigenvalue weighted by Gasteiger charge is 2.43. The lowest BCUT2D eigenvalue weighted by atomic mass is 9.96. The minimum Gasteiger partial charge on any atom is -0.496 e. The summed E-state index contributed by atoms with van der Waals surface area (Å²) in [5.41, 5.74) is 1.55. The molecular formula is C13H14F3NO2. The number of alkyl halides is 3. The average Bonchev–Trinajstić information content (AvgIpc) is 2.58. The number of methoxy groups -OCH3 is 1. The molecule has 0 aromatic heterocycles. The van der Waals surface area contributed by atoms with Crippen LogP contribution in [-0.4, -0.2) is 25.6 Å². The van der Waals surface area contributed by atoms with Crippen LogP contribution < -0.4 is 10.1 Å². The van der Waals surface area contributed by atoms with Crippen LogP contribution >= 0.6 is 0 Å². The van der Waals surface area contributed by atoms with Crippen molar-refractivity contribution in [3.05, 3.63) is 23.8 Å². The van der Waals surface area contributed by atoms with Crippen molar-refractivity contribution in [1.29, 1.82) is 0 Å². The Hall–Kier alpha value is -1.72. The third kappa shape index (κ3) is 2.83. The van der Waals surface area contributed by atoms with Gasteiger partial charge in [0.15, 0.2) is 0 Å². The van der Waals surface area contributed by atoms with Crippen LogP contribution in [0, 0.1) is 5.92 Å². The maximum Gasteiger partial charge on any atom is 0.450 e. The molecule has 0 amide bonds. The van der Waals surface area contributed by atoms with Crippen molar-refractivity contribution in [3.8, 4) is 5.75 Å². The van der Waals surface area contributed by atoms with E-state index in [9.17, 15) is 18.0 Å². The number of ether oxygens (including phenoxy) is 1. The monoisotopic (exact) mass is 273 g/mol. The number of anilines is 1. The Morgan fingerprint density at radius 1 is 1.42 bits per heavy atom. The predicted octanol–water partition coefficient (Wildman–Crippen LogP) is 2.80. The van der Waals surface area contributed by atoms with Gasteiger partial charge in [-0.2, -0.15) is 13.2 Å². The van der Waals surface area contributed by atoms with E-state index in [0.29, 0.717) is 12.2 Å². The summed E-state index contributed by atoms with van der Waals surface area (Å²) in [5, 5.41) is 2.90. The molecule has 0 bridgehead atoms. The first-order valence-corrected chi connectivity index (χ1v) is 5.94. The number of hydrogen-bond donors (Lipinski definition) is 1. The smallest absolute Gasteiger partial charge is 0.450 e. The molecular weight excluding hydrogens is 259 g/mol. The number of nitrogens with one attached hydrogen (secondary N) is 1. The van der Waals surface area contributed by atoms with Gasteiger partial charge in [0.25, 0.3) is 0 Å². The summed E-state index contributed by atoms with van der Waals surface area (Å²) in [6, 6.07) is 5.29. The van der Waals surface area contributed by atoms with Crippen LogP contribution in [-0.2, 0) is 11.2 Å². The van der Waals surface area contributed by atoms with E-state index in [2.05, 4.69) is 5.32 Å². The fourth-order valence-electron chi connectivity index (χ4n) is 2.29. The van der Waals surface area contributed by atoms with Gasteiger partial charge in [0.05, 0.1) is 7.11 Å². The number of rotatable bonds is 2. The van der Waals surface area contributed by atoms with Gasteiger partial charge in [-0.3, -0.25) is 4.79 Å². The fourth-order valence-corrected chi connectivity index (χ4v) is 2.29. The van der Waals surface area contributed by atoms with Crippen molar-refractivity contribution in [2.45, 2.75) is 19.0 Å². The molecule has 6 heteroatoms. The largest absolute Gasteiger partial charge is 0.496 e. The number of carbonyl (C=O) groups is 1. The van der Waals surface area contributed by atoms with Crippen molar-refractivity contribution in [2.75, 3.05) is 19.0 Å². The van der Waals surface area contributed by atoms with Gasteiger partial charge in [-0.25, -0.2) is 0 Å². The van der Waals surface area contributed by atoms with Crippen molar-refractivity contribution in [3.63, 3.8) is 0 Å². The lowest BCUT2D eigenvalue weighted by Gasteiger charge is -2.15. The van der Waals surface area contributed by atoms with E-state index in [4.69, 9.17) is 4.74 Å². The second-order valence-electron chi connectivity index (χ2n) is 4.46. The lowest BCUT2D eigenvalue weighted by molar-refractivity contribution is -0.175.